The van der Waals surface area contributed by atoms with Gasteiger partial charge in [0.2, 0.25) is 10.0 Å². The second kappa shape index (κ2) is 8.79. The van der Waals surface area contributed by atoms with E-state index in [1.807, 2.05) is 0 Å². The third kappa shape index (κ3) is 4.34. The molecule has 5 rings (SSSR count). The summed E-state index contributed by atoms with van der Waals surface area (Å²) < 4.78 is 46.6. The fourth-order valence-electron chi connectivity index (χ4n) is 3.61. The number of carbonyl (C=O) groups is 1. The molecule has 1 amide bonds. The van der Waals surface area contributed by atoms with Gasteiger partial charge in [0, 0.05) is 23.6 Å². The van der Waals surface area contributed by atoms with Gasteiger partial charge in [-0.15, -0.1) is 0 Å². The molecule has 0 unspecified atom stereocenters. The van der Waals surface area contributed by atoms with E-state index in [0.29, 0.717) is 30.4 Å². The van der Waals surface area contributed by atoms with E-state index < -0.39 is 15.9 Å². The predicted molar refractivity (Wildman–Crippen MR) is 125 cm³/mol. The zero-order valence-corrected chi connectivity index (χ0v) is 19.7. The maximum absolute atomic E-state index is 13.6. The molecular formula is C23H19BrN2O6S. The van der Waals surface area contributed by atoms with Crippen molar-refractivity contribution in [2.75, 3.05) is 31.6 Å². The van der Waals surface area contributed by atoms with E-state index >= 15 is 0 Å². The number of hydrogen-bond donors (Lipinski definition) is 1. The van der Waals surface area contributed by atoms with Gasteiger partial charge in [-0.3, -0.25) is 4.79 Å². The molecule has 0 bridgehead atoms. The number of nitrogens with one attached hydrogen (secondary N) is 1. The van der Waals surface area contributed by atoms with Crippen molar-refractivity contribution in [1.29, 1.82) is 0 Å². The van der Waals surface area contributed by atoms with Crippen LogP contribution in [0.5, 0.6) is 23.0 Å². The van der Waals surface area contributed by atoms with Crippen LogP contribution in [0.15, 0.2) is 70.0 Å². The number of halogens is 1. The second-order valence-corrected chi connectivity index (χ2v) is 10.2. The first-order chi connectivity index (χ1) is 15.9. The van der Waals surface area contributed by atoms with Crippen molar-refractivity contribution in [3.05, 3.63) is 70.7 Å². The molecule has 10 heteroatoms. The van der Waals surface area contributed by atoms with Gasteiger partial charge in [0.1, 0.15) is 16.4 Å². The molecule has 0 aliphatic carbocycles. The van der Waals surface area contributed by atoms with Gasteiger partial charge >= 0.3 is 0 Å². The Morgan fingerprint density at radius 2 is 1.70 bits per heavy atom. The SMILES string of the molecule is O=C1Nc2ccccc2Oc2cc(Oc3ccc(Br)cc3)c(S(=O)(=O)N3CCOCC3)cc21. The summed E-state index contributed by atoms with van der Waals surface area (Å²) >= 11 is 3.37. The van der Waals surface area contributed by atoms with Crippen molar-refractivity contribution in [1.82, 2.24) is 4.31 Å². The topological polar surface area (TPSA) is 94.2 Å². The van der Waals surface area contributed by atoms with Crippen LogP contribution in [0.2, 0.25) is 0 Å². The first-order valence-corrected chi connectivity index (χ1v) is 12.4. The molecule has 2 aliphatic rings. The van der Waals surface area contributed by atoms with Crippen LogP contribution in [-0.4, -0.2) is 44.9 Å². The lowest BCUT2D eigenvalue weighted by atomic mass is 10.1. The number of nitrogens with zero attached hydrogens (tertiary/aromatic N) is 1. The maximum Gasteiger partial charge on any atom is 0.259 e. The van der Waals surface area contributed by atoms with E-state index in [-0.39, 0.29) is 35.0 Å². The summed E-state index contributed by atoms with van der Waals surface area (Å²) in [7, 11) is -3.97. The Hall–Kier alpha value is -2.92. The summed E-state index contributed by atoms with van der Waals surface area (Å²) in [4.78, 5) is 12.9. The average molecular weight is 531 g/mol. The van der Waals surface area contributed by atoms with Crippen LogP contribution in [0, 0.1) is 0 Å². The smallest absolute Gasteiger partial charge is 0.259 e. The Bertz CT molecular complexity index is 1320. The molecule has 2 aliphatic heterocycles. The standard InChI is InChI=1S/C23H19BrN2O6S/c24-15-5-7-16(8-6-15)31-21-14-20-17(23(27)25-18-3-1-2-4-19(18)32-20)13-22(21)33(28,29)26-9-11-30-12-10-26/h1-8,13-14H,9-12H2,(H,25,27). The van der Waals surface area contributed by atoms with Gasteiger partial charge in [0.15, 0.2) is 11.5 Å². The molecule has 170 valence electrons. The number of ether oxygens (including phenoxy) is 3. The highest BCUT2D eigenvalue weighted by Gasteiger charge is 2.33. The number of benzene rings is 3. The third-order valence-electron chi connectivity index (χ3n) is 5.28. The lowest BCUT2D eigenvalue weighted by Crippen LogP contribution is -2.40. The number of carbonyl (C=O) groups excluding carboxylic acids is 1. The van der Waals surface area contributed by atoms with Crippen LogP contribution in [0.3, 0.4) is 0 Å². The second-order valence-electron chi connectivity index (χ2n) is 7.42. The van der Waals surface area contributed by atoms with Gasteiger partial charge in [0.05, 0.1) is 24.5 Å². The number of rotatable bonds is 4. The highest BCUT2D eigenvalue weighted by atomic mass is 79.9. The van der Waals surface area contributed by atoms with Crippen molar-refractivity contribution >= 4 is 37.5 Å². The molecule has 8 nitrogen and oxygen atoms in total. The number of amides is 1. The zero-order valence-electron chi connectivity index (χ0n) is 17.3. The monoisotopic (exact) mass is 530 g/mol. The summed E-state index contributed by atoms with van der Waals surface area (Å²) in [6.07, 6.45) is 0. The van der Waals surface area contributed by atoms with Crippen LogP contribution in [-0.2, 0) is 14.8 Å². The van der Waals surface area contributed by atoms with Crippen molar-refractivity contribution in [3.63, 3.8) is 0 Å². The number of morpholine rings is 1. The van der Waals surface area contributed by atoms with Crippen LogP contribution >= 0.6 is 15.9 Å². The predicted octanol–water partition coefficient (Wildman–Crippen LogP) is 4.62. The quantitative estimate of drug-likeness (QED) is 0.528. The van der Waals surface area contributed by atoms with Crippen molar-refractivity contribution in [3.8, 4) is 23.0 Å². The average Bonchev–Trinajstić information content (AvgIpc) is 2.96. The van der Waals surface area contributed by atoms with Crippen LogP contribution < -0.4 is 14.8 Å². The van der Waals surface area contributed by atoms with Crippen LogP contribution in [0.25, 0.3) is 0 Å². The minimum atomic E-state index is -3.97. The molecule has 3 aromatic carbocycles. The van der Waals surface area contributed by atoms with Gasteiger partial charge < -0.3 is 19.5 Å². The molecule has 2 heterocycles. The Morgan fingerprint density at radius 1 is 0.970 bits per heavy atom. The fourth-order valence-corrected chi connectivity index (χ4v) is 5.40. The first-order valence-electron chi connectivity index (χ1n) is 10.2. The Kier molecular flexibility index (Phi) is 5.83. The van der Waals surface area contributed by atoms with Gasteiger partial charge in [-0.25, -0.2) is 8.42 Å². The molecule has 0 saturated carbocycles. The van der Waals surface area contributed by atoms with E-state index in [1.165, 1.54) is 16.4 Å². The normalized spacial score (nSPS) is 16.1. The molecular weight excluding hydrogens is 512 g/mol. The number of hydrogen-bond acceptors (Lipinski definition) is 6. The summed E-state index contributed by atoms with van der Waals surface area (Å²) in [5, 5.41) is 2.77. The lowest BCUT2D eigenvalue weighted by Gasteiger charge is -2.27. The van der Waals surface area contributed by atoms with Crippen molar-refractivity contribution in [2.24, 2.45) is 0 Å². The van der Waals surface area contributed by atoms with Gasteiger partial charge in [-0.1, -0.05) is 28.1 Å². The lowest BCUT2D eigenvalue weighted by molar-refractivity contribution is 0.0729. The highest BCUT2D eigenvalue weighted by molar-refractivity contribution is 9.10. The minimum absolute atomic E-state index is 0.0646. The van der Waals surface area contributed by atoms with Crippen molar-refractivity contribution in [2.45, 2.75) is 4.90 Å². The fraction of sp³-hybridized carbons (Fsp3) is 0.174. The summed E-state index contributed by atoms with van der Waals surface area (Å²) in [5.74, 6) is 0.682. The molecule has 1 saturated heterocycles. The van der Waals surface area contributed by atoms with Gasteiger partial charge in [-0.2, -0.15) is 4.31 Å². The molecule has 1 N–H and O–H groups in total. The largest absolute Gasteiger partial charge is 0.456 e. The molecule has 33 heavy (non-hydrogen) atoms. The molecule has 0 spiro atoms. The van der Waals surface area contributed by atoms with Gasteiger partial charge in [0.25, 0.3) is 5.91 Å². The Balaban J connectivity index is 1.64. The maximum atomic E-state index is 13.6. The Labute approximate surface area is 199 Å². The minimum Gasteiger partial charge on any atom is -0.456 e. The number of para-hydroxylation sites is 2. The summed E-state index contributed by atoms with van der Waals surface area (Å²) in [5.41, 5.74) is 0.591. The molecule has 0 atom stereocenters. The summed E-state index contributed by atoms with van der Waals surface area (Å²) in [6, 6.07) is 16.8. The Morgan fingerprint density at radius 3 is 2.45 bits per heavy atom. The third-order valence-corrected chi connectivity index (χ3v) is 7.72. The molecule has 0 aromatic heterocycles. The molecule has 3 aromatic rings. The van der Waals surface area contributed by atoms with E-state index in [0.717, 1.165) is 4.47 Å². The highest BCUT2D eigenvalue weighted by Crippen LogP contribution is 2.42. The molecule has 0 radical (unpaired) electrons. The number of anilines is 1. The number of fused-ring (bicyclic) bond motifs is 2. The van der Waals surface area contributed by atoms with Crippen LogP contribution in [0.1, 0.15) is 10.4 Å². The molecule has 1 fully saturated rings. The van der Waals surface area contributed by atoms with E-state index in [4.69, 9.17) is 14.2 Å². The summed E-state index contributed by atoms with van der Waals surface area (Å²) in [6.45, 7) is 1.02. The van der Waals surface area contributed by atoms with E-state index in [2.05, 4.69) is 21.2 Å². The van der Waals surface area contributed by atoms with Gasteiger partial charge in [-0.05, 0) is 42.5 Å². The van der Waals surface area contributed by atoms with E-state index in [9.17, 15) is 13.2 Å². The number of sulfonamides is 1. The zero-order chi connectivity index (χ0) is 23.0. The van der Waals surface area contributed by atoms with Crippen LogP contribution in [0.4, 0.5) is 5.69 Å². The van der Waals surface area contributed by atoms with E-state index in [1.54, 1.807) is 48.5 Å². The van der Waals surface area contributed by atoms with Crippen molar-refractivity contribution < 1.29 is 27.4 Å². The first kappa shape index (κ1) is 21.9.